The number of aromatic amines is 1. The van der Waals surface area contributed by atoms with Gasteiger partial charge < -0.3 is 25.6 Å². The predicted octanol–water partition coefficient (Wildman–Crippen LogP) is 3.07. The van der Waals surface area contributed by atoms with Crippen molar-refractivity contribution in [3.8, 4) is 11.3 Å². The van der Waals surface area contributed by atoms with Gasteiger partial charge in [0.15, 0.2) is 0 Å². The van der Waals surface area contributed by atoms with Gasteiger partial charge in [-0.3, -0.25) is 4.79 Å². The van der Waals surface area contributed by atoms with E-state index in [1.807, 2.05) is 36.4 Å². The lowest BCUT2D eigenvalue weighted by Gasteiger charge is -2.31. The minimum Gasteiger partial charge on any atom is -0.465 e. The van der Waals surface area contributed by atoms with Gasteiger partial charge in [0.1, 0.15) is 5.82 Å². The summed E-state index contributed by atoms with van der Waals surface area (Å²) >= 11 is 0. The van der Waals surface area contributed by atoms with Crippen LogP contribution in [0.1, 0.15) is 28.9 Å². The summed E-state index contributed by atoms with van der Waals surface area (Å²) in [6.07, 6.45) is 1.64. The Labute approximate surface area is 173 Å². The third kappa shape index (κ3) is 3.34. The number of anilines is 1. The summed E-state index contributed by atoms with van der Waals surface area (Å²) in [7, 11) is 0. The van der Waals surface area contributed by atoms with E-state index in [4.69, 9.17) is 4.98 Å². The molecule has 1 unspecified atom stereocenters. The second-order valence-electron chi connectivity index (χ2n) is 7.87. The van der Waals surface area contributed by atoms with Crippen LogP contribution in [-0.2, 0) is 6.42 Å². The molecule has 2 amide bonds. The van der Waals surface area contributed by atoms with Crippen LogP contribution in [0.4, 0.5) is 10.6 Å². The minimum atomic E-state index is -0.880. The van der Waals surface area contributed by atoms with Crippen LogP contribution in [-0.4, -0.2) is 57.7 Å². The second-order valence-corrected chi connectivity index (χ2v) is 7.87. The van der Waals surface area contributed by atoms with Crippen LogP contribution >= 0.6 is 0 Å². The van der Waals surface area contributed by atoms with Gasteiger partial charge in [-0.05, 0) is 31.0 Å². The number of carbonyl (C=O) groups is 2. The topological polar surface area (TPSA) is 110 Å². The molecule has 2 aliphatic heterocycles. The first kappa shape index (κ1) is 18.5. The fourth-order valence-corrected chi connectivity index (χ4v) is 4.36. The predicted molar refractivity (Wildman–Crippen MR) is 114 cm³/mol. The number of benzene rings is 1. The zero-order valence-electron chi connectivity index (χ0n) is 16.4. The van der Waals surface area contributed by atoms with E-state index in [1.54, 1.807) is 0 Å². The molecule has 0 radical (unpaired) electrons. The van der Waals surface area contributed by atoms with E-state index in [2.05, 4.69) is 15.6 Å². The number of hydrogen-bond donors (Lipinski definition) is 4. The number of piperidine rings is 1. The molecule has 0 saturated carbocycles. The van der Waals surface area contributed by atoms with Crippen molar-refractivity contribution < 1.29 is 14.7 Å². The number of amides is 2. The first-order chi connectivity index (χ1) is 14.6. The minimum absolute atomic E-state index is 0.0356. The first-order valence-electron chi connectivity index (χ1n) is 10.2. The molecule has 2 aliphatic rings. The monoisotopic (exact) mass is 405 g/mol. The molecule has 1 saturated heterocycles. The van der Waals surface area contributed by atoms with Crippen molar-refractivity contribution in [1.29, 1.82) is 0 Å². The molecule has 1 aromatic carbocycles. The average molecular weight is 405 g/mol. The molecule has 0 aliphatic carbocycles. The Morgan fingerprint density at radius 1 is 1.23 bits per heavy atom. The van der Waals surface area contributed by atoms with Gasteiger partial charge in [-0.25, -0.2) is 9.78 Å². The first-order valence-corrected chi connectivity index (χ1v) is 10.2. The molecular weight excluding hydrogens is 382 g/mol. The molecule has 1 atom stereocenters. The third-order valence-corrected chi connectivity index (χ3v) is 5.86. The summed E-state index contributed by atoms with van der Waals surface area (Å²) in [5.74, 6) is 0.677. The normalized spacial score (nSPS) is 18.7. The van der Waals surface area contributed by atoms with Crippen molar-refractivity contribution in [2.45, 2.75) is 25.3 Å². The summed E-state index contributed by atoms with van der Waals surface area (Å²) in [4.78, 5) is 33.1. The fraction of sp³-hybridized carbons (Fsp3) is 0.318. The van der Waals surface area contributed by atoms with Crippen LogP contribution in [0.15, 0.2) is 36.4 Å². The van der Waals surface area contributed by atoms with Crippen molar-refractivity contribution in [2.24, 2.45) is 0 Å². The zero-order valence-corrected chi connectivity index (χ0v) is 16.4. The maximum Gasteiger partial charge on any atom is 0.407 e. The molecule has 8 heteroatoms. The lowest BCUT2D eigenvalue weighted by molar-refractivity contribution is 0.0946. The van der Waals surface area contributed by atoms with E-state index in [0.29, 0.717) is 25.2 Å². The average Bonchev–Trinajstić information content (AvgIpc) is 3.19. The van der Waals surface area contributed by atoms with Gasteiger partial charge in [-0.15, -0.1) is 0 Å². The Kier molecular flexibility index (Phi) is 4.54. The number of nitrogens with one attached hydrogen (secondary N) is 3. The fourth-order valence-electron chi connectivity index (χ4n) is 4.36. The van der Waals surface area contributed by atoms with Crippen molar-refractivity contribution in [2.75, 3.05) is 25.0 Å². The van der Waals surface area contributed by atoms with Gasteiger partial charge in [-0.2, -0.15) is 0 Å². The van der Waals surface area contributed by atoms with Crippen LogP contribution in [0, 0.1) is 0 Å². The summed E-state index contributed by atoms with van der Waals surface area (Å²) in [5, 5.41) is 16.5. The van der Waals surface area contributed by atoms with Crippen LogP contribution in [0.25, 0.3) is 22.2 Å². The number of likely N-dealkylation sites (tertiary alicyclic amines) is 1. The van der Waals surface area contributed by atoms with Gasteiger partial charge in [0, 0.05) is 54.4 Å². The van der Waals surface area contributed by atoms with Gasteiger partial charge in [0.25, 0.3) is 5.91 Å². The van der Waals surface area contributed by atoms with Crippen molar-refractivity contribution in [3.63, 3.8) is 0 Å². The van der Waals surface area contributed by atoms with Crippen molar-refractivity contribution >= 4 is 28.7 Å². The van der Waals surface area contributed by atoms with Crippen LogP contribution in [0.3, 0.4) is 0 Å². The Balaban J connectivity index is 1.47. The zero-order chi connectivity index (χ0) is 20.7. The lowest BCUT2D eigenvalue weighted by atomic mass is 10.0. The highest BCUT2D eigenvalue weighted by atomic mass is 16.4. The molecule has 3 aromatic rings. The van der Waals surface area contributed by atoms with Crippen LogP contribution in [0.2, 0.25) is 0 Å². The van der Waals surface area contributed by atoms with Crippen molar-refractivity contribution in [1.82, 2.24) is 20.2 Å². The molecular formula is C22H23N5O3. The molecule has 4 N–H and O–H groups in total. The highest BCUT2D eigenvalue weighted by Crippen LogP contribution is 2.30. The molecule has 0 bridgehead atoms. The number of fused-ring (bicyclic) bond motifs is 2. The Hall–Kier alpha value is -3.55. The molecule has 0 spiro atoms. The number of pyridine rings is 1. The molecule has 154 valence electrons. The smallest absolute Gasteiger partial charge is 0.407 e. The quantitative estimate of drug-likeness (QED) is 0.535. The summed E-state index contributed by atoms with van der Waals surface area (Å²) in [6, 6.07) is 11.9. The molecule has 5 rings (SSSR count). The van der Waals surface area contributed by atoms with Crippen LogP contribution in [0.5, 0.6) is 0 Å². The maximum absolute atomic E-state index is 12.1. The number of carboxylic acid groups (broad SMARTS) is 1. The van der Waals surface area contributed by atoms with E-state index < -0.39 is 6.09 Å². The summed E-state index contributed by atoms with van der Waals surface area (Å²) in [6.45, 7) is 1.67. The summed E-state index contributed by atoms with van der Waals surface area (Å²) in [5.41, 5.74) is 4.30. The number of para-hydroxylation sites is 1. The summed E-state index contributed by atoms with van der Waals surface area (Å²) < 4.78 is 0. The lowest BCUT2D eigenvalue weighted by Crippen LogP contribution is -2.44. The molecule has 8 nitrogen and oxygen atoms in total. The van der Waals surface area contributed by atoms with Gasteiger partial charge in [0.05, 0.1) is 11.1 Å². The van der Waals surface area contributed by atoms with E-state index in [9.17, 15) is 14.7 Å². The number of carbonyl (C=O) groups excluding carboxylic acids is 1. The van der Waals surface area contributed by atoms with E-state index in [-0.39, 0.29) is 11.9 Å². The third-order valence-electron chi connectivity index (χ3n) is 5.86. The van der Waals surface area contributed by atoms with Gasteiger partial charge >= 0.3 is 6.09 Å². The highest BCUT2D eigenvalue weighted by molar-refractivity contribution is 6.00. The Bertz CT molecular complexity index is 1140. The molecule has 30 heavy (non-hydrogen) atoms. The number of rotatable bonds is 3. The number of H-pyrrole nitrogens is 1. The number of hydrogen-bond acceptors (Lipinski definition) is 4. The van der Waals surface area contributed by atoms with Gasteiger partial charge in [0.2, 0.25) is 0 Å². The number of aromatic nitrogens is 2. The molecule has 1 fully saturated rings. The molecule has 2 aromatic heterocycles. The highest BCUT2D eigenvalue weighted by Gasteiger charge is 2.24. The van der Waals surface area contributed by atoms with E-state index >= 15 is 0 Å². The largest absolute Gasteiger partial charge is 0.465 e. The van der Waals surface area contributed by atoms with Gasteiger partial charge in [-0.1, -0.05) is 18.2 Å². The standard InChI is InChI=1S/C22H23N5O3/c28-21-16-11-18(25-17(16)8-9-23-21)15-5-1-3-13-6-7-19(26-20(13)15)24-14-4-2-10-27(12-14)22(29)30/h1,3,5-7,11,14,25H,2,4,8-10,12H2,(H,23,28)(H,24,26)(H,29,30). The number of nitrogens with zero attached hydrogens (tertiary/aromatic N) is 2. The van der Waals surface area contributed by atoms with Crippen LogP contribution < -0.4 is 10.6 Å². The van der Waals surface area contributed by atoms with E-state index in [1.165, 1.54) is 4.90 Å². The van der Waals surface area contributed by atoms with E-state index in [0.717, 1.165) is 52.9 Å². The molecule has 4 heterocycles. The second kappa shape index (κ2) is 7.37. The Morgan fingerprint density at radius 2 is 2.13 bits per heavy atom. The SMILES string of the molecule is O=C1NCCc2[nH]c(-c3cccc4ccc(NC5CCCN(C(=O)O)C5)nc34)cc21. The maximum atomic E-state index is 12.1. The van der Waals surface area contributed by atoms with Crippen molar-refractivity contribution in [3.05, 3.63) is 47.7 Å². The Morgan fingerprint density at radius 3 is 2.97 bits per heavy atom.